The summed E-state index contributed by atoms with van der Waals surface area (Å²) in [6, 6.07) is 0. The number of hydrogen-bond donors (Lipinski definition) is 4. The van der Waals surface area contributed by atoms with E-state index < -0.39 is 0 Å². The van der Waals surface area contributed by atoms with Crippen molar-refractivity contribution in [1.29, 1.82) is 0 Å². The molecule has 0 bridgehead atoms. The monoisotopic (exact) mass is 296 g/mol. The van der Waals surface area contributed by atoms with Crippen LogP contribution in [0, 0.1) is 5.92 Å². The summed E-state index contributed by atoms with van der Waals surface area (Å²) in [6.07, 6.45) is 4.91. The van der Waals surface area contributed by atoms with Gasteiger partial charge in [0.05, 0.1) is 17.9 Å². The number of aliphatic hydroxyl groups excluding tert-OH is 1. The van der Waals surface area contributed by atoms with Crippen LogP contribution in [0.25, 0.3) is 11.0 Å². The Morgan fingerprint density at radius 1 is 1.50 bits per heavy atom. The third-order valence-corrected chi connectivity index (χ3v) is 4.09. The van der Waals surface area contributed by atoms with Crippen LogP contribution < -0.4 is 10.9 Å². The molecule has 0 aliphatic carbocycles. The number of aromatic nitrogens is 3. The highest BCUT2D eigenvalue weighted by molar-refractivity contribution is 7.98. The van der Waals surface area contributed by atoms with Gasteiger partial charge in [0.1, 0.15) is 5.52 Å². The highest BCUT2D eigenvalue weighted by Gasteiger charge is 2.14. The number of rotatable bonds is 7. The average Bonchev–Trinajstić information content (AvgIpc) is 2.82. The Labute approximate surface area is 121 Å². The molecule has 0 aliphatic rings. The summed E-state index contributed by atoms with van der Waals surface area (Å²) >= 11 is 1.73. The van der Waals surface area contributed by atoms with Gasteiger partial charge < -0.3 is 20.4 Å². The Hall–Kier alpha value is -1.31. The van der Waals surface area contributed by atoms with Gasteiger partial charge in [0.25, 0.3) is 5.56 Å². The van der Waals surface area contributed by atoms with E-state index in [2.05, 4.69) is 20.3 Å². The lowest BCUT2D eigenvalue weighted by Crippen LogP contribution is -2.31. The Balaban J connectivity index is 1.99. The first kappa shape index (κ1) is 15.1. The molecule has 0 spiro atoms. The Bertz CT molecular complexity index is 608. The van der Waals surface area contributed by atoms with Crippen LogP contribution in [0.1, 0.15) is 12.5 Å². The van der Waals surface area contributed by atoms with Gasteiger partial charge in [0.15, 0.2) is 0 Å². The summed E-state index contributed by atoms with van der Waals surface area (Å²) in [5.41, 5.74) is 1.99. The van der Waals surface area contributed by atoms with Crippen molar-refractivity contribution in [2.45, 2.75) is 19.6 Å². The maximum Gasteiger partial charge on any atom is 0.275 e. The van der Waals surface area contributed by atoms with Crippen molar-refractivity contribution in [2.24, 2.45) is 5.92 Å². The first-order chi connectivity index (χ1) is 9.63. The normalized spacial score (nSPS) is 14.6. The minimum atomic E-state index is -0.334. The first-order valence-corrected chi connectivity index (χ1v) is 7.94. The van der Waals surface area contributed by atoms with E-state index in [0.29, 0.717) is 17.6 Å². The van der Waals surface area contributed by atoms with E-state index in [1.54, 1.807) is 18.0 Å². The molecule has 0 saturated carbocycles. The van der Waals surface area contributed by atoms with E-state index in [4.69, 9.17) is 0 Å². The van der Waals surface area contributed by atoms with E-state index in [1.165, 1.54) is 6.33 Å². The number of H-pyrrole nitrogens is 2. The Morgan fingerprint density at radius 2 is 2.30 bits per heavy atom. The fourth-order valence-corrected chi connectivity index (χ4v) is 2.94. The van der Waals surface area contributed by atoms with Gasteiger partial charge >= 0.3 is 0 Å². The minimum Gasteiger partial charge on any atom is -0.393 e. The number of fused-ring (bicyclic) bond motifs is 1. The number of hydrogen-bond acceptors (Lipinski definition) is 5. The van der Waals surface area contributed by atoms with Gasteiger partial charge in [-0.3, -0.25) is 4.79 Å². The Morgan fingerprint density at radius 3 is 3.00 bits per heavy atom. The molecule has 4 N–H and O–H groups in total. The fraction of sp³-hybridized carbons (Fsp3) is 0.538. The van der Waals surface area contributed by atoms with E-state index in [0.717, 1.165) is 17.9 Å². The molecule has 0 fully saturated rings. The summed E-state index contributed by atoms with van der Waals surface area (Å²) < 4.78 is 0. The maximum absolute atomic E-state index is 11.6. The standard InChI is InChI=1S/C13H20N4O2S/c1-8(18)10(6-20-2)4-14-3-9-5-15-12-11(9)16-7-17-13(12)19/h5,7-8,10,14-15,18H,3-4,6H2,1-2H3,(H,16,17,19). The predicted octanol–water partition coefficient (Wildman–Crippen LogP) is 0.701. The van der Waals surface area contributed by atoms with Crippen LogP contribution >= 0.6 is 11.8 Å². The van der Waals surface area contributed by atoms with Crippen LogP contribution in [-0.4, -0.2) is 44.7 Å². The molecule has 0 aromatic carbocycles. The number of aromatic amines is 2. The molecule has 6 nitrogen and oxygen atoms in total. The number of aliphatic hydroxyl groups is 1. The molecular formula is C13H20N4O2S. The van der Waals surface area contributed by atoms with E-state index >= 15 is 0 Å². The van der Waals surface area contributed by atoms with Crippen molar-refractivity contribution in [3.63, 3.8) is 0 Å². The fourth-order valence-electron chi connectivity index (χ4n) is 2.11. The van der Waals surface area contributed by atoms with Gasteiger partial charge in [-0.1, -0.05) is 0 Å². The van der Waals surface area contributed by atoms with E-state index in [9.17, 15) is 9.90 Å². The summed E-state index contributed by atoms with van der Waals surface area (Å²) in [5, 5.41) is 13.0. The molecule has 2 atom stereocenters. The topological polar surface area (TPSA) is 93.8 Å². The summed E-state index contributed by atoms with van der Waals surface area (Å²) in [7, 11) is 0. The van der Waals surface area contributed by atoms with Crippen LogP contribution in [0.4, 0.5) is 0 Å². The summed E-state index contributed by atoms with van der Waals surface area (Å²) in [5.74, 6) is 1.13. The number of nitrogens with zero attached hydrogens (tertiary/aromatic N) is 1. The zero-order chi connectivity index (χ0) is 14.5. The smallest absolute Gasteiger partial charge is 0.275 e. The molecule has 7 heteroatoms. The van der Waals surface area contributed by atoms with Crippen LogP contribution in [0.2, 0.25) is 0 Å². The lowest BCUT2D eigenvalue weighted by molar-refractivity contribution is 0.136. The van der Waals surface area contributed by atoms with Crippen molar-refractivity contribution in [1.82, 2.24) is 20.3 Å². The third-order valence-electron chi connectivity index (χ3n) is 3.33. The minimum absolute atomic E-state index is 0.162. The van der Waals surface area contributed by atoms with Gasteiger partial charge in [-0.25, -0.2) is 4.98 Å². The second-order valence-electron chi connectivity index (χ2n) is 4.86. The molecule has 0 amide bonds. The van der Waals surface area contributed by atoms with Crippen molar-refractivity contribution >= 4 is 22.8 Å². The molecule has 110 valence electrons. The van der Waals surface area contributed by atoms with Crippen molar-refractivity contribution in [3.8, 4) is 0 Å². The summed E-state index contributed by atoms with van der Waals surface area (Å²) in [6.45, 7) is 3.16. The van der Waals surface area contributed by atoms with Gasteiger partial charge in [-0.05, 0) is 18.9 Å². The van der Waals surface area contributed by atoms with Gasteiger partial charge in [0, 0.05) is 30.8 Å². The molecule has 20 heavy (non-hydrogen) atoms. The highest BCUT2D eigenvalue weighted by Crippen LogP contribution is 2.12. The molecule has 2 rings (SSSR count). The van der Waals surface area contributed by atoms with Crippen molar-refractivity contribution < 1.29 is 5.11 Å². The zero-order valence-electron chi connectivity index (χ0n) is 11.6. The van der Waals surface area contributed by atoms with Gasteiger partial charge in [-0.15, -0.1) is 0 Å². The molecule has 2 aromatic rings. The van der Waals surface area contributed by atoms with Crippen LogP contribution in [-0.2, 0) is 6.54 Å². The Kier molecular flexibility index (Phi) is 5.22. The average molecular weight is 296 g/mol. The molecule has 0 aliphatic heterocycles. The van der Waals surface area contributed by atoms with Crippen molar-refractivity contribution in [2.75, 3.05) is 18.6 Å². The van der Waals surface area contributed by atoms with Crippen LogP contribution in [0.5, 0.6) is 0 Å². The summed E-state index contributed by atoms with van der Waals surface area (Å²) in [4.78, 5) is 21.2. The largest absolute Gasteiger partial charge is 0.393 e. The molecular weight excluding hydrogens is 276 g/mol. The molecule has 2 aromatic heterocycles. The molecule has 2 heterocycles. The van der Waals surface area contributed by atoms with Crippen molar-refractivity contribution in [3.05, 3.63) is 28.4 Å². The lowest BCUT2D eigenvalue weighted by atomic mass is 10.1. The second-order valence-corrected chi connectivity index (χ2v) is 5.77. The van der Waals surface area contributed by atoms with Gasteiger partial charge in [-0.2, -0.15) is 11.8 Å². The van der Waals surface area contributed by atoms with Crippen LogP contribution in [0.15, 0.2) is 17.3 Å². The maximum atomic E-state index is 11.6. The predicted molar refractivity (Wildman–Crippen MR) is 82.0 cm³/mol. The number of thioether (sulfide) groups is 1. The van der Waals surface area contributed by atoms with Crippen LogP contribution in [0.3, 0.4) is 0 Å². The quantitative estimate of drug-likeness (QED) is 0.603. The van der Waals surface area contributed by atoms with Gasteiger partial charge in [0.2, 0.25) is 0 Å². The first-order valence-electron chi connectivity index (χ1n) is 6.54. The SMILES string of the molecule is CSCC(CNCc1c[nH]c2c(=O)[nH]cnc12)C(C)O. The molecule has 0 saturated heterocycles. The van der Waals surface area contributed by atoms with E-state index in [-0.39, 0.29) is 17.6 Å². The highest BCUT2D eigenvalue weighted by atomic mass is 32.2. The zero-order valence-corrected chi connectivity index (χ0v) is 12.5. The second kappa shape index (κ2) is 6.92. The molecule has 2 unspecified atom stereocenters. The number of nitrogens with one attached hydrogen (secondary N) is 3. The third kappa shape index (κ3) is 3.41. The van der Waals surface area contributed by atoms with E-state index in [1.807, 2.05) is 13.2 Å². The molecule has 0 radical (unpaired) electrons. The lowest BCUT2D eigenvalue weighted by Gasteiger charge is -2.19.